The van der Waals surface area contributed by atoms with Crippen molar-refractivity contribution in [3.05, 3.63) is 0 Å². The Morgan fingerprint density at radius 1 is 1.33 bits per heavy atom. The van der Waals surface area contributed by atoms with Gasteiger partial charge in [-0.2, -0.15) is 0 Å². The third kappa shape index (κ3) is 5.06. The Kier molecular flexibility index (Phi) is 8.44. The average Bonchev–Trinajstić information content (AvgIpc) is 2.34. The zero-order valence-corrected chi connectivity index (χ0v) is 12.9. The summed E-state index contributed by atoms with van der Waals surface area (Å²) in [4.78, 5) is 12.3. The van der Waals surface area contributed by atoms with Crippen LogP contribution in [-0.4, -0.2) is 34.7 Å². The van der Waals surface area contributed by atoms with Crippen LogP contribution in [0.3, 0.4) is 0 Å². The summed E-state index contributed by atoms with van der Waals surface area (Å²) in [7, 11) is -0.909. The third-order valence-electron chi connectivity index (χ3n) is 3.45. The van der Waals surface area contributed by atoms with Crippen LogP contribution in [0.15, 0.2) is 0 Å². The van der Waals surface area contributed by atoms with Crippen LogP contribution in [0.5, 0.6) is 0 Å². The van der Waals surface area contributed by atoms with E-state index >= 15 is 0 Å². The minimum atomic E-state index is -0.909. The highest BCUT2D eigenvalue weighted by Crippen LogP contribution is 2.29. The number of carbonyl (C=O) groups excluding carboxylic acids is 1. The Labute approximate surface area is 114 Å². The SMILES string of the molecule is CCCC(CN)(CCC)C(=O)NCC(C)S(C)=O. The molecule has 2 unspecified atom stereocenters. The molecule has 0 radical (unpaired) electrons. The van der Waals surface area contributed by atoms with Crippen molar-refractivity contribution < 1.29 is 9.00 Å². The minimum absolute atomic E-state index is 0.0194. The van der Waals surface area contributed by atoms with Gasteiger partial charge in [-0.05, 0) is 19.8 Å². The molecule has 3 N–H and O–H groups in total. The summed E-state index contributed by atoms with van der Waals surface area (Å²) in [6, 6.07) is 0. The van der Waals surface area contributed by atoms with Gasteiger partial charge >= 0.3 is 0 Å². The molecule has 18 heavy (non-hydrogen) atoms. The first-order valence-corrected chi connectivity index (χ1v) is 8.36. The van der Waals surface area contributed by atoms with Crippen molar-refractivity contribution >= 4 is 16.7 Å². The fraction of sp³-hybridized carbons (Fsp3) is 0.923. The molecule has 0 saturated carbocycles. The molecule has 0 saturated heterocycles. The summed E-state index contributed by atoms with van der Waals surface area (Å²) in [5.74, 6) is 0.0194. The van der Waals surface area contributed by atoms with E-state index in [9.17, 15) is 9.00 Å². The number of hydrogen-bond acceptors (Lipinski definition) is 3. The monoisotopic (exact) mass is 276 g/mol. The van der Waals surface area contributed by atoms with Crippen LogP contribution < -0.4 is 11.1 Å². The van der Waals surface area contributed by atoms with Crippen molar-refractivity contribution in [2.24, 2.45) is 11.1 Å². The Morgan fingerprint density at radius 2 is 1.83 bits per heavy atom. The van der Waals surface area contributed by atoms with Crippen molar-refractivity contribution in [1.29, 1.82) is 0 Å². The van der Waals surface area contributed by atoms with Crippen molar-refractivity contribution in [3.8, 4) is 0 Å². The van der Waals surface area contributed by atoms with Crippen LogP contribution in [0.2, 0.25) is 0 Å². The molecular formula is C13H28N2O2S. The van der Waals surface area contributed by atoms with Gasteiger partial charge in [-0.15, -0.1) is 0 Å². The number of nitrogens with one attached hydrogen (secondary N) is 1. The summed E-state index contributed by atoms with van der Waals surface area (Å²) in [6.07, 6.45) is 5.17. The first kappa shape index (κ1) is 17.6. The lowest BCUT2D eigenvalue weighted by atomic mass is 9.78. The van der Waals surface area contributed by atoms with E-state index in [0.29, 0.717) is 13.1 Å². The van der Waals surface area contributed by atoms with E-state index in [2.05, 4.69) is 19.2 Å². The van der Waals surface area contributed by atoms with Crippen molar-refractivity contribution in [1.82, 2.24) is 5.32 Å². The molecule has 1 amide bonds. The molecule has 108 valence electrons. The highest BCUT2D eigenvalue weighted by Gasteiger charge is 2.35. The predicted octanol–water partition coefficient (Wildman–Crippen LogP) is 1.41. The van der Waals surface area contributed by atoms with Crippen molar-refractivity contribution in [2.75, 3.05) is 19.3 Å². The maximum absolute atomic E-state index is 12.3. The van der Waals surface area contributed by atoms with Gasteiger partial charge in [0, 0.05) is 35.4 Å². The molecule has 0 bridgehead atoms. The molecular weight excluding hydrogens is 248 g/mol. The summed E-state index contributed by atoms with van der Waals surface area (Å²) in [6.45, 7) is 6.84. The molecule has 0 heterocycles. The molecule has 4 nitrogen and oxygen atoms in total. The Hall–Kier alpha value is -0.420. The standard InChI is InChI=1S/C13H28N2O2S/c1-5-7-13(10-14,8-6-2)12(16)15-9-11(3)18(4)17/h11H,5-10,14H2,1-4H3,(H,15,16). The lowest BCUT2D eigenvalue weighted by Crippen LogP contribution is -2.47. The number of hydrogen-bond donors (Lipinski definition) is 2. The average molecular weight is 276 g/mol. The molecule has 0 aliphatic carbocycles. The third-order valence-corrected chi connectivity index (χ3v) is 4.75. The molecule has 0 aromatic heterocycles. The van der Waals surface area contributed by atoms with E-state index < -0.39 is 16.2 Å². The van der Waals surface area contributed by atoms with E-state index in [-0.39, 0.29) is 11.2 Å². The second kappa shape index (κ2) is 8.64. The van der Waals surface area contributed by atoms with E-state index in [4.69, 9.17) is 5.73 Å². The van der Waals surface area contributed by atoms with Crippen LogP contribution >= 0.6 is 0 Å². The maximum Gasteiger partial charge on any atom is 0.227 e. The van der Waals surface area contributed by atoms with Crippen molar-refractivity contribution in [2.45, 2.75) is 51.7 Å². The molecule has 5 heteroatoms. The molecule has 0 aliphatic rings. The molecule has 2 atom stereocenters. The second-order valence-electron chi connectivity index (χ2n) is 5.00. The van der Waals surface area contributed by atoms with Gasteiger partial charge in [-0.3, -0.25) is 9.00 Å². The first-order valence-electron chi connectivity index (χ1n) is 6.74. The van der Waals surface area contributed by atoms with Gasteiger partial charge < -0.3 is 11.1 Å². The van der Waals surface area contributed by atoms with Gasteiger partial charge in [0.1, 0.15) is 0 Å². The lowest BCUT2D eigenvalue weighted by molar-refractivity contribution is -0.131. The molecule has 0 aliphatic heterocycles. The Bertz CT molecular complexity index is 276. The van der Waals surface area contributed by atoms with Crippen LogP contribution in [0.25, 0.3) is 0 Å². The van der Waals surface area contributed by atoms with E-state index in [1.54, 1.807) is 6.26 Å². The van der Waals surface area contributed by atoms with Crippen LogP contribution in [0, 0.1) is 5.41 Å². The van der Waals surface area contributed by atoms with E-state index in [1.165, 1.54) is 0 Å². The van der Waals surface area contributed by atoms with Crippen molar-refractivity contribution in [3.63, 3.8) is 0 Å². The van der Waals surface area contributed by atoms with Crippen LogP contribution in [-0.2, 0) is 15.6 Å². The summed E-state index contributed by atoms with van der Waals surface area (Å²) < 4.78 is 11.3. The summed E-state index contributed by atoms with van der Waals surface area (Å²) in [5, 5.41) is 2.89. The summed E-state index contributed by atoms with van der Waals surface area (Å²) >= 11 is 0. The molecule has 0 aromatic rings. The lowest BCUT2D eigenvalue weighted by Gasteiger charge is -2.31. The maximum atomic E-state index is 12.3. The smallest absolute Gasteiger partial charge is 0.227 e. The van der Waals surface area contributed by atoms with E-state index in [0.717, 1.165) is 25.7 Å². The molecule has 0 fully saturated rings. The highest BCUT2D eigenvalue weighted by molar-refractivity contribution is 7.84. The largest absolute Gasteiger partial charge is 0.354 e. The van der Waals surface area contributed by atoms with Gasteiger partial charge in [0.05, 0.1) is 5.41 Å². The Balaban J connectivity index is 4.60. The Morgan fingerprint density at radius 3 is 2.17 bits per heavy atom. The number of nitrogens with two attached hydrogens (primary N) is 1. The normalized spacial score (nSPS) is 15.2. The van der Waals surface area contributed by atoms with Gasteiger partial charge in [0.15, 0.2) is 0 Å². The number of amides is 1. The van der Waals surface area contributed by atoms with E-state index in [1.807, 2.05) is 6.92 Å². The quantitative estimate of drug-likeness (QED) is 0.669. The van der Waals surface area contributed by atoms with Crippen LogP contribution in [0.1, 0.15) is 46.5 Å². The van der Waals surface area contributed by atoms with Gasteiger partial charge in [0.25, 0.3) is 0 Å². The zero-order chi connectivity index (χ0) is 14.2. The predicted molar refractivity (Wildman–Crippen MR) is 77.8 cm³/mol. The van der Waals surface area contributed by atoms with Gasteiger partial charge in [0.2, 0.25) is 5.91 Å². The number of carbonyl (C=O) groups is 1. The highest BCUT2D eigenvalue weighted by atomic mass is 32.2. The molecule has 0 rings (SSSR count). The topological polar surface area (TPSA) is 72.2 Å². The fourth-order valence-electron chi connectivity index (χ4n) is 2.15. The van der Waals surface area contributed by atoms with Crippen LogP contribution in [0.4, 0.5) is 0 Å². The van der Waals surface area contributed by atoms with Gasteiger partial charge in [-0.25, -0.2) is 0 Å². The fourth-order valence-corrected chi connectivity index (χ4v) is 2.47. The minimum Gasteiger partial charge on any atom is -0.354 e. The van der Waals surface area contributed by atoms with Gasteiger partial charge in [-0.1, -0.05) is 26.7 Å². The molecule has 0 aromatic carbocycles. The second-order valence-corrected chi connectivity index (χ2v) is 6.81. The summed E-state index contributed by atoms with van der Waals surface area (Å²) in [5.41, 5.74) is 5.38. The number of rotatable bonds is 9. The molecule has 0 spiro atoms. The zero-order valence-electron chi connectivity index (χ0n) is 12.1. The first-order chi connectivity index (χ1) is 8.43.